The summed E-state index contributed by atoms with van der Waals surface area (Å²) in [6.07, 6.45) is 0. The molecule has 1 heterocycles. The van der Waals surface area contributed by atoms with E-state index < -0.39 is 0 Å². The van der Waals surface area contributed by atoms with Gasteiger partial charge < -0.3 is 15.4 Å². The average Bonchev–Trinajstić information content (AvgIpc) is 2.69. The summed E-state index contributed by atoms with van der Waals surface area (Å²) in [5.41, 5.74) is 7.68. The lowest BCUT2D eigenvalue weighted by Crippen LogP contribution is -2.38. The highest BCUT2D eigenvalue weighted by molar-refractivity contribution is 5.98. The Morgan fingerprint density at radius 3 is 2.65 bits per heavy atom. The largest absolute Gasteiger partial charge is 0.395 e. The predicted octanol–water partition coefficient (Wildman–Crippen LogP) is 1.54. The number of ether oxygens (including phenoxy) is 1. The summed E-state index contributed by atoms with van der Waals surface area (Å²) in [6.45, 7) is 10.3. The van der Waals surface area contributed by atoms with Crippen LogP contribution in [0.5, 0.6) is 0 Å². The van der Waals surface area contributed by atoms with E-state index in [0.29, 0.717) is 49.2 Å². The predicted molar refractivity (Wildman–Crippen MR) is 79.7 cm³/mol. The molecule has 0 spiro atoms. The smallest absolute Gasteiger partial charge is 0.274 e. The molecular formula is C14H26N4O2. The van der Waals surface area contributed by atoms with E-state index in [9.17, 15) is 4.79 Å². The first kappa shape index (κ1) is 16.5. The first-order chi connectivity index (χ1) is 9.42. The van der Waals surface area contributed by atoms with Crippen molar-refractivity contribution in [3.8, 4) is 0 Å². The van der Waals surface area contributed by atoms with E-state index in [4.69, 9.17) is 10.5 Å². The fourth-order valence-corrected chi connectivity index (χ4v) is 2.12. The maximum atomic E-state index is 12.7. The van der Waals surface area contributed by atoms with Crippen LogP contribution in [0.3, 0.4) is 0 Å². The molecule has 1 amide bonds. The highest BCUT2D eigenvalue weighted by Gasteiger charge is 2.24. The van der Waals surface area contributed by atoms with Gasteiger partial charge in [0.2, 0.25) is 0 Å². The summed E-state index contributed by atoms with van der Waals surface area (Å²) in [7, 11) is 1.63. The van der Waals surface area contributed by atoms with E-state index in [2.05, 4.69) is 18.9 Å². The SMILES string of the molecule is CCn1nc(C)c(N)c1C(=O)N(CCOC)CC(C)C. The summed E-state index contributed by atoms with van der Waals surface area (Å²) in [5.74, 6) is 0.312. The van der Waals surface area contributed by atoms with E-state index in [1.165, 1.54) is 0 Å². The number of methoxy groups -OCH3 is 1. The lowest BCUT2D eigenvalue weighted by molar-refractivity contribution is 0.0661. The molecule has 0 aliphatic carbocycles. The third-order valence-electron chi connectivity index (χ3n) is 3.11. The van der Waals surface area contributed by atoms with E-state index in [1.807, 2.05) is 13.8 Å². The first-order valence-corrected chi connectivity index (χ1v) is 7.03. The molecule has 6 heteroatoms. The third-order valence-corrected chi connectivity index (χ3v) is 3.11. The van der Waals surface area contributed by atoms with Gasteiger partial charge in [-0.05, 0) is 19.8 Å². The Hall–Kier alpha value is -1.56. The summed E-state index contributed by atoms with van der Waals surface area (Å²) in [6, 6.07) is 0. The van der Waals surface area contributed by atoms with Crippen molar-refractivity contribution in [1.82, 2.24) is 14.7 Å². The van der Waals surface area contributed by atoms with Gasteiger partial charge in [0, 0.05) is 26.7 Å². The zero-order valence-electron chi connectivity index (χ0n) is 13.1. The van der Waals surface area contributed by atoms with E-state index in [-0.39, 0.29) is 5.91 Å². The second-order valence-corrected chi connectivity index (χ2v) is 5.30. The number of hydrogen-bond acceptors (Lipinski definition) is 4. The van der Waals surface area contributed by atoms with Gasteiger partial charge in [-0.3, -0.25) is 9.48 Å². The molecule has 0 radical (unpaired) electrons. The van der Waals surface area contributed by atoms with Crippen molar-refractivity contribution in [3.63, 3.8) is 0 Å². The topological polar surface area (TPSA) is 73.4 Å². The monoisotopic (exact) mass is 282 g/mol. The van der Waals surface area contributed by atoms with Gasteiger partial charge in [0.25, 0.3) is 5.91 Å². The average molecular weight is 282 g/mol. The van der Waals surface area contributed by atoms with Crippen molar-refractivity contribution in [3.05, 3.63) is 11.4 Å². The molecule has 0 fully saturated rings. The number of nitrogens with zero attached hydrogens (tertiary/aromatic N) is 3. The van der Waals surface area contributed by atoms with Crippen LogP contribution < -0.4 is 5.73 Å². The number of carbonyl (C=O) groups excluding carboxylic acids is 1. The molecule has 0 aliphatic heterocycles. The van der Waals surface area contributed by atoms with E-state index >= 15 is 0 Å². The van der Waals surface area contributed by atoms with Crippen LogP contribution in [-0.4, -0.2) is 47.4 Å². The Morgan fingerprint density at radius 2 is 2.15 bits per heavy atom. The molecular weight excluding hydrogens is 256 g/mol. The number of rotatable bonds is 7. The zero-order valence-corrected chi connectivity index (χ0v) is 13.1. The minimum Gasteiger partial charge on any atom is -0.395 e. The number of carbonyl (C=O) groups is 1. The normalized spacial score (nSPS) is 11.1. The quantitative estimate of drug-likeness (QED) is 0.823. The lowest BCUT2D eigenvalue weighted by Gasteiger charge is -2.24. The van der Waals surface area contributed by atoms with Crippen molar-refractivity contribution in [1.29, 1.82) is 0 Å². The molecule has 0 aromatic carbocycles. The van der Waals surface area contributed by atoms with Crippen LogP contribution in [-0.2, 0) is 11.3 Å². The molecule has 114 valence electrons. The molecule has 0 saturated carbocycles. The molecule has 1 rings (SSSR count). The first-order valence-electron chi connectivity index (χ1n) is 7.03. The number of amides is 1. The number of hydrogen-bond donors (Lipinski definition) is 1. The molecule has 0 aliphatic rings. The number of nitrogens with two attached hydrogens (primary N) is 1. The number of aromatic nitrogens is 2. The van der Waals surface area contributed by atoms with Crippen LogP contribution in [0.15, 0.2) is 0 Å². The second-order valence-electron chi connectivity index (χ2n) is 5.30. The Morgan fingerprint density at radius 1 is 1.50 bits per heavy atom. The molecule has 1 aromatic heterocycles. The van der Waals surface area contributed by atoms with Crippen LogP contribution in [0.1, 0.15) is 37.0 Å². The van der Waals surface area contributed by atoms with Crippen LogP contribution in [0.4, 0.5) is 5.69 Å². The minimum absolute atomic E-state index is 0.0734. The summed E-state index contributed by atoms with van der Waals surface area (Å²) < 4.78 is 6.76. The van der Waals surface area contributed by atoms with Crippen LogP contribution in [0.2, 0.25) is 0 Å². The van der Waals surface area contributed by atoms with Gasteiger partial charge in [0.15, 0.2) is 0 Å². The van der Waals surface area contributed by atoms with Crippen molar-refractivity contribution in [2.24, 2.45) is 5.92 Å². The van der Waals surface area contributed by atoms with Gasteiger partial charge in [-0.2, -0.15) is 5.10 Å². The van der Waals surface area contributed by atoms with Gasteiger partial charge in [-0.25, -0.2) is 0 Å². The summed E-state index contributed by atoms with van der Waals surface area (Å²) in [4.78, 5) is 14.5. The molecule has 0 bridgehead atoms. The standard InChI is InChI=1S/C14H26N4O2/c1-6-18-13(12(15)11(4)16-18)14(19)17(7-8-20-5)9-10(2)3/h10H,6-9,15H2,1-5H3. The maximum Gasteiger partial charge on any atom is 0.274 e. The van der Waals surface area contributed by atoms with Gasteiger partial charge in [-0.15, -0.1) is 0 Å². The Bertz CT molecular complexity index is 454. The Kier molecular flexibility index (Phi) is 6.01. The van der Waals surface area contributed by atoms with Crippen LogP contribution in [0, 0.1) is 12.8 Å². The third kappa shape index (κ3) is 3.72. The molecule has 2 N–H and O–H groups in total. The molecule has 0 unspecified atom stereocenters. The minimum atomic E-state index is -0.0734. The number of nitrogen functional groups attached to an aromatic ring is 1. The van der Waals surface area contributed by atoms with Gasteiger partial charge in [-0.1, -0.05) is 13.8 Å². The summed E-state index contributed by atoms with van der Waals surface area (Å²) >= 11 is 0. The fourth-order valence-electron chi connectivity index (χ4n) is 2.12. The van der Waals surface area contributed by atoms with Crippen LogP contribution in [0.25, 0.3) is 0 Å². The van der Waals surface area contributed by atoms with Crippen molar-refractivity contribution < 1.29 is 9.53 Å². The van der Waals surface area contributed by atoms with Crippen molar-refractivity contribution in [2.45, 2.75) is 34.2 Å². The zero-order chi connectivity index (χ0) is 15.3. The Balaban J connectivity index is 3.04. The fraction of sp³-hybridized carbons (Fsp3) is 0.714. The van der Waals surface area contributed by atoms with E-state index in [1.54, 1.807) is 16.7 Å². The van der Waals surface area contributed by atoms with Crippen LogP contribution >= 0.6 is 0 Å². The maximum absolute atomic E-state index is 12.7. The molecule has 6 nitrogen and oxygen atoms in total. The summed E-state index contributed by atoms with van der Waals surface area (Å²) in [5, 5.41) is 4.30. The molecule has 1 aromatic rings. The number of anilines is 1. The van der Waals surface area contributed by atoms with E-state index in [0.717, 1.165) is 0 Å². The lowest BCUT2D eigenvalue weighted by atomic mass is 10.2. The molecule has 0 atom stereocenters. The molecule has 20 heavy (non-hydrogen) atoms. The van der Waals surface area contributed by atoms with Gasteiger partial charge in [0.05, 0.1) is 18.0 Å². The highest BCUT2D eigenvalue weighted by Crippen LogP contribution is 2.19. The second kappa shape index (κ2) is 7.28. The van der Waals surface area contributed by atoms with Gasteiger partial charge >= 0.3 is 0 Å². The van der Waals surface area contributed by atoms with Gasteiger partial charge in [0.1, 0.15) is 5.69 Å². The van der Waals surface area contributed by atoms with Crippen molar-refractivity contribution in [2.75, 3.05) is 32.5 Å². The molecule has 0 saturated heterocycles. The number of aryl methyl sites for hydroxylation is 2. The highest BCUT2D eigenvalue weighted by atomic mass is 16.5. The van der Waals surface area contributed by atoms with Crippen molar-refractivity contribution >= 4 is 11.6 Å². The Labute approximate surface area is 120 Å².